The first kappa shape index (κ1) is 16.5. The number of nitrogens with zero attached hydrogens (tertiary/aromatic N) is 3. The molecule has 3 aromatic rings. The number of rotatable bonds is 2. The van der Waals surface area contributed by atoms with E-state index in [1.807, 2.05) is 42.5 Å². The second-order valence-electron chi connectivity index (χ2n) is 6.37. The Morgan fingerprint density at radius 1 is 1.00 bits per heavy atom. The number of aliphatic imine (C=N–C) groups is 1. The van der Waals surface area contributed by atoms with E-state index >= 15 is 0 Å². The van der Waals surface area contributed by atoms with Gasteiger partial charge in [-0.05, 0) is 18.2 Å². The predicted molar refractivity (Wildman–Crippen MR) is 104 cm³/mol. The number of hydrogen-bond acceptors (Lipinski definition) is 6. The molecule has 1 atom stereocenters. The minimum Gasteiger partial charge on any atom is -0.454 e. The van der Waals surface area contributed by atoms with Gasteiger partial charge in [0.25, 0.3) is 5.91 Å². The van der Waals surface area contributed by atoms with Crippen molar-refractivity contribution < 1.29 is 14.3 Å². The summed E-state index contributed by atoms with van der Waals surface area (Å²) in [6.07, 6.45) is 0.561. The largest absolute Gasteiger partial charge is 0.454 e. The van der Waals surface area contributed by atoms with E-state index in [0.29, 0.717) is 28.7 Å². The highest BCUT2D eigenvalue weighted by atomic mass is 16.7. The lowest BCUT2D eigenvalue weighted by Gasteiger charge is -2.23. The van der Waals surface area contributed by atoms with Gasteiger partial charge in [-0.1, -0.05) is 36.4 Å². The van der Waals surface area contributed by atoms with Gasteiger partial charge < -0.3 is 15.2 Å². The van der Waals surface area contributed by atoms with E-state index in [1.165, 1.54) is 4.90 Å². The van der Waals surface area contributed by atoms with E-state index in [-0.39, 0.29) is 12.7 Å². The van der Waals surface area contributed by atoms with Crippen LogP contribution in [0, 0.1) is 0 Å². The molecular formula is C21H16N4O3. The Balaban J connectivity index is 1.79. The number of nitrogens with two attached hydrogens (primary N) is 1. The number of carbonyl (C=O) groups is 1. The smallest absolute Gasteiger partial charge is 0.272 e. The maximum atomic E-state index is 13.2. The predicted octanol–water partition coefficient (Wildman–Crippen LogP) is 2.61. The zero-order chi connectivity index (χ0) is 19.1. The summed E-state index contributed by atoms with van der Waals surface area (Å²) in [5, 5.41) is 0. The number of pyridine rings is 1. The lowest BCUT2D eigenvalue weighted by atomic mass is 9.99. The first-order valence-corrected chi connectivity index (χ1v) is 8.80. The maximum absolute atomic E-state index is 13.2. The first-order chi connectivity index (χ1) is 13.7. The molecule has 0 radical (unpaired) electrons. The summed E-state index contributed by atoms with van der Waals surface area (Å²) in [5.41, 5.74) is 8.97. The van der Waals surface area contributed by atoms with Crippen molar-refractivity contribution >= 4 is 23.1 Å². The molecular weight excluding hydrogens is 356 g/mol. The van der Waals surface area contributed by atoms with E-state index in [2.05, 4.69) is 9.98 Å². The summed E-state index contributed by atoms with van der Waals surface area (Å²) in [4.78, 5) is 23.5. The molecule has 5 rings (SSSR count). The molecule has 0 fully saturated rings. The number of fused-ring (bicyclic) bond motifs is 2. The lowest BCUT2D eigenvalue weighted by Crippen LogP contribution is -2.40. The van der Waals surface area contributed by atoms with Gasteiger partial charge in [-0.2, -0.15) is 0 Å². The molecule has 2 aliphatic heterocycles. The van der Waals surface area contributed by atoms with Gasteiger partial charge in [-0.3, -0.25) is 14.7 Å². The van der Waals surface area contributed by atoms with Crippen LogP contribution < -0.4 is 20.1 Å². The van der Waals surface area contributed by atoms with Gasteiger partial charge in [0.2, 0.25) is 6.79 Å². The van der Waals surface area contributed by atoms with Crippen LogP contribution in [0.15, 0.2) is 71.9 Å². The van der Waals surface area contributed by atoms with Crippen LogP contribution in [-0.4, -0.2) is 29.6 Å². The lowest BCUT2D eigenvalue weighted by molar-refractivity contribution is -0.118. The number of aromatic nitrogens is 1. The van der Waals surface area contributed by atoms with Gasteiger partial charge in [0.1, 0.15) is 5.82 Å². The van der Waals surface area contributed by atoms with Crippen LogP contribution in [-0.2, 0) is 4.79 Å². The number of ether oxygens (including phenoxy) is 2. The van der Waals surface area contributed by atoms with Crippen molar-refractivity contribution in [3.05, 3.63) is 78.0 Å². The van der Waals surface area contributed by atoms with Crippen molar-refractivity contribution in [2.24, 2.45) is 10.7 Å². The fourth-order valence-corrected chi connectivity index (χ4v) is 3.37. The van der Waals surface area contributed by atoms with Crippen LogP contribution in [0.4, 0.5) is 11.5 Å². The normalized spacial score (nSPS) is 17.8. The number of amides is 1. The molecule has 2 N–H and O–H groups in total. The second-order valence-corrected chi connectivity index (χ2v) is 6.37. The zero-order valence-corrected chi connectivity index (χ0v) is 14.8. The Labute approximate surface area is 161 Å². The van der Waals surface area contributed by atoms with Gasteiger partial charge >= 0.3 is 0 Å². The molecule has 1 amide bonds. The molecule has 7 nitrogen and oxygen atoms in total. The first-order valence-electron chi connectivity index (χ1n) is 8.80. The third-order valence-corrected chi connectivity index (χ3v) is 4.65. The standard InChI is InChI=1S/C21H16N4O3/c22-20-21(26)25(18-8-4-5-9-23-18)15-11-17-16(27-12-28-17)10-14(15)19(24-20)13-6-2-1-3-7-13/h1-11,20H,12,22H2. The molecule has 138 valence electrons. The summed E-state index contributed by atoms with van der Waals surface area (Å²) >= 11 is 0. The maximum Gasteiger partial charge on any atom is 0.272 e. The van der Waals surface area contributed by atoms with Crippen molar-refractivity contribution in [2.75, 3.05) is 11.7 Å². The molecule has 28 heavy (non-hydrogen) atoms. The second kappa shape index (κ2) is 6.47. The van der Waals surface area contributed by atoms with Crippen LogP contribution >= 0.6 is 0 Å². The molecule has 3 heterocycles. The Kier molecular flexibility index (Phi) is 3.80. The van der Waals surface area contributed by atoms with Gasteiger partial charge in [0, 0.05) is 23.4 Å². The Bertz CT molecular complexity index is 1080. The molecule has 1 unspecified atom stereocenters. The van der Waals surface area contributed by atoms with Crippen LogP contribution in [0.3, 0.4) is 0 Å². The summed E-state index contributed by atoms with van der Waals surface area (Å²) < 4.78 is 11.1. The highest BCUT2D eigenvalue weighted by Gasteiger charge is 2.34. The van der Waals surface area contributed by atoms with E-state index in [9.17, 15) is 4.79 Å². The van der Waals surface area contributed by atoms with Gasteiger partial charge in [0.05, 0.1) is 11.4 Å². The van der Waals surface area contributed by atoms with Crippen molar-refractivity contribution in [1.82, 2.24) is 4.98 Å². The Morgan fingerprint density at radius 2 is 1.75 bits per heavy atom. The fourth-order valence-electron chi connectivity index (χ4n) is 3.37. The summed E-state index contributed by atoms with van der Waals surface area (Å²) in [6, 6.07) is 18.6. The van der Waals surface area contributed by atoms with Crippen LogP contribution in [0.2, 0.25) is 0 Å². The van der Waals surface area contributed by atoms with Crippen LogP contribution in [0.1, 0.15) is 11.1 Å². The SMILES string of the molecule is NC1N=C(c2ccccc2)c2cc3c(cc2N(c2ccccn2)C1=O)OCO3. The third kappa shape index (κ3) is 2.60. The van der Waals surface area contributed by atoms with Crippen molar-refractivity contribution in [3.8, 4) is 11.5 Å². The Hall–Kier alpha value is -3.71. The quantitative estimate of drug-likeness (QED) is 0.747. The number of benzene rings is 2. The third-order valence-electron chi connectivity index (χ3n) is 4.65. The molecule has 0 aliphatic carbocycles. The summed E-state index contributed by atoms with van der Waals surface area (Å²) in [5.74, 6) is 1.26. The molecule has 2 aromatic carbocycles. The molecule has 7 heteroatoms. The molecule has 0 saturated carbocycles. The van der Waals surface area contributed by atoms with Gasteiger partial charge in [-0.25, -0.2) is 4.98 Å². The minimum absolute atomic E-state index is 0.132. The topological polar surface area (TPSA) is 90.0 Å². The van der Waals surface area contributed by atoms with E-state index in [4.69, 9.17) is 15.2 Å². The van der Waals surface area contributed by atoms with Crippen LogP contribution in [0.5, 0.6) is 11.5 Å². The van der Waals surface area contributed by atoms with E-state index in [1.54, 1.807) is 24.4 Å². The van der Waals surface area contributed by atoms with Crippen molar-refractivity contribution in [3.63, 3.8) is 0 Å². The number of carbonyl (C=O) groups excluding carboxylic acids is 1. The van der Waals surface area contributed by atoms with Crippen LogP contribution in [0.25, 0.3) is 0 Å². The molecule has 1 aromatic heterocycles. The van der Waals surface area contributed by atoms with Crippen molar-refractivity contribution in [1.29, 1.82) is 0 Å². The van der Waals surface area contributed by atoms with E-state index in [0.717, 1.165) is 11.1 Å². The molecule has 0 bridgehead atoms. The minimum atomic E-state index is -1.07. The average Bonchev–Trinajstić information content (AvgIpc) is 3.16. The van der Waals surface area contributed by atoms with Gasteiger partial charge in [0.15, 0.2) is 17.7 Å². The molecule has 0 saturated heterocycles. The number of anilines is 2. The van der Waals surface area contributed by atoms with E-state index < -0.39 is 6.17 Å². The summed E-state index contributed by atoms with van der Waals surface area (Å²) in [6.45, 7) is 0.132. The Morgan fingerprint density at radius 3 is 2.50 bits per heavy atom. The van der Waals surface area contributed by atoms with Gasteiger partial charge in [-0.15, -0.1) is 0 Å². The highest BCUT2D eigenvalue weighted by molar-refractivity contribution is 6.21. The number of hydrogen-bond donors (Lipinski definition) is 1. The fraction of sp³-hybridized carbons (Fsp3) is 0.0952. The molecule has 2 aliphatic rings. The zero-order valence-electron chi connectivity index (χ0n) is 14.8. The molecule has 0 spiro atoms. The van der Waals surface area contributed by atoms with Crippen molar-refractivity contribution in [2.45, 2.75) is 6.17 Å². The monoisotopic (exact) mass is 372 g/mol. The summed E-state index contributed by atoms with van der Waals surface area (Å²) in [7, 11) is 0. The highest BCUT2D eigenvalue weighted by Crippen LogP contribution is 2.42. The average molecular weight is 372 g/mol.